The number of anilines is 1. The van der Waals surface area contributed by atoms with Gasteiger partial charge in [-0.05, 0) is 49.2 Å². The summed E-state index contributed by atoms with van der Waals surface area (Å²) in [7, 11) is -3.89. The number of aromatic nitrogens is 2. The van der Waals surface area contributed by atoms with E-state index >= 15 is 0 Å². The fraction of sp³-hybridized carbons (Fsp3) is 0.182. The Morgan fingerprint density at radius 1 is 1.09 bits per heavy atom. The summed E-state index contributed by atoms with van der Waals surface area (Å²) < 4.78 is 28.4. The zero-order valence-corrected chi connectivity index (χ0v) is 19.7. The van der Waals surface area contributed by atoms with Gasteiger partial charge >= 0.3 is 5.97 Å². The average molecular weight is 505 g/mol. The number of hydrogen-bond acceptors (Lipinski definition) is 7. The van der Waals surface area contributed by atoms with Gasteiger partial charge in [0.25, 0.3) is 15.9 Å². The van der Waals surface area contributed by atoms with Crippen LogP contribution >= 0.6 is 11.6 Å². The zero-order valence-electron chi connectivity index (χ0n) is 18.1. The standard InChI is InChI=1S/C22H21ClN4O6S/c1-12-7-20(13(2)6-16(12)23)34(32,33)27-15-5-3-4-14(8-15)17-9-25-18(10-24-17)21(29)26-19(11-28)22(30)31/h3-10,19,27-28H,11H2,1-2H3,(H,26,29)(H,30,31)/t19-/m0/s1. The minimum atomic E-state index is -3.89. The number of aliphatic hydroxyl groups excluding tert-OH is 1. The van der Waals surface area contributed by atoms with Gasteiger partial charge < -0.3 is 15.5 Å². The second-order valence-corrected chi connectivity index (χ2v) is 9.44. The largest absolute Gasteiger partial charge is 0.480 e. The second-order valence-electron chi connectivity index (χ2n) is 7.39. The van der Waals surface area contributed by atoms with Gasteiger partial charge in [0.2, 0.25) is 0 Å². The van der Waals surface area contributed by atoms with Crippen molar-refractivity contribution in [3.05, 3.63) is 70.6 Å². The number of sulfonamides is 1. The van der Waals surface area contributed by atoms with Gasteiger partial charge in [-0.2, -0.15) is 0 Å². The van der Waals surface area contributed by atoms with Gasteiger partial charge in [0.15, 0.2) is 6.04 Å². The highest BCUT2D eigenvalue weighted by Crippen LogP contribution is 2.27. The molecule has 0 aliphatic carbocycles. The van der Waals surface area contributed by atoms with Crippen LogP contribution in [0.4, 0.5) is 5.69 Å². The van der Waals surface area contributed by atoms with E-state index in [0.29, 0.717) is 33.1 Å². The number of aryl methyl sites for hydroxylation is 2. The fourth-order valence-corrected chi connectivity index (χ4v) is 4.59. The molecule has 34 heavy (non-hydrogen) atoms. The van der Waals surface area contributed by atoms with Crippen molar-refractivity contribution in [1.29, 1.82) is 0 Å². The lowest BCUT2D eigenvalue weighted by Gasteiger charge is -2.13. The minimum Gasteiger partial charge on any atom is -0.480 e. The van der Waals surface area contributed by atoms with E-state index < -0.39 is 34.5 Å². The summed E-state index contributed by atoms with van der Waals surface area (Å²) in [5, 5.41) is 20.5. The molecular formula is C22H21ClN4O6S. The Hall–Kier alpha value is -3.54. The number of benzene rings is 2. The molecule has 2 aromatic carbocycles. The molecule has 0 fully saturated rings. The molecule has 3 aromatic rings. The van der Waals surface area contributed by atoms with Crippen LogP contribution in [0.2, 0.25) is 5.02 Å². The van der Waals surface area contributed by atoms with Crippen LogP contribution in [0.25, 0.3) is 11.3 Å². The summed E-state index contributed by atoms with van der Waals surface area (Å²) in [5.74, 6) is -2.20. The first-order chi connectivity index (χ1) is 16.0. The summed E-state index contributed by atoms with van der Waals surface area (Å²) in [6.07, 6.45) is 2.45. The van der Waals surface area contributed by atoms with Gasteiger partial charge in [0, 0.05) is 16.3 Å². The summed E-state index contributed by atoms with van der Waals surface area (Å²) in [6, 6.07) is 8.09. The second kappa shape index (κ2) is 10.2. The van der Waals surface area contributed by atoms with Crippen molar-refractivity contribution >= 4 is 39.2 Å². The molecule has 12 heteroatoms. The number of carbonyl (C=O) groups is 2. The Kier molecular flexibility index (Phi) is 7.50. The lowest BCUT2D eigenvalue weighted by molar-refractivity contribution is -0.140. The number of aliphatic carboxylic acids is 1. The third-order valence-electron chi connectivity index (χ3n) is 4.83. The molecule has 10 nitrogen and oxygen atoms in total. The molecule has 1 aromatic heterocycles. The van der Waals surface area contributed by atoms with E-state index in [0.717, 1.165) is 6.20 Å². The molecule has 0 unspecified atom stereocenters. The SMILES string of the molecule is Cc1cc(S(=O)(=O)Nc2cccc(-c3cnc(C(=O)N[C@@H](CO)C(=O)O)cn3)c2)c(C)cc1Cl. The molecule has 0 spiro atoms. The summed E-state index contributed by atoms with van der Waals surface area (Å²) in [5.41, 5.74) is 2.17. The van der Waals surface area contributed by atoms with E-state index in [1.807, 2.05) is 0 Å². The van der Waals surface area contributed by atoms with Gasteiger partial charge in [-0.25, -0.2) is 18.2 Å². The average Bonchev–Trinajstić information content (AvgIpc) is 2.79. The smallest absolute Gasteiger partial charge is 0.328 e. The third kappa shape index (κ3) is 5.68. The van der Waals surface area contributed by atoms with Crippen LogP contribution in [0, 0.1) is 13.8 Å². The van der Waals surface area contributed by atoms with Crippen LogP contribution < -0.4 is 10.0 Å². The molecule has 0 radical (unpaired) electrons. The van der Waals surface area contributed by atoms with Crippen molar-refractivity contribution in [2.24, 2.45) is 0 Å². The molecule has 1 atom stereocenters. The lowest BCUT2D eigenvalue weighted by atomic mass is 10.1. The molecule has 0 bridgehead atoms. The number of halogens is 1. The van der Waals surface area contributed by atoms with Crippen molar-refractivity contribution in [3.8, 4) is 11.3 Å². The van der Waals surface area contributed by atoms with Crippen molar-refractivity contribution < 1.29 is 28.2 Å². The van der Waals surface area contributed by atoms with E-state index in [4.69, 9.17) is 21.8 Å². The molecule has 0 saturated carbocycles. The maximum absolute atomic E-state index is 12.9. The Morgan fingerprint density at radius 2 is 1.82 bits per heavy atom. The van der Waals surface area contributed by atoms with E-state index in [2.05, 4.69) is 20.0 Å². The molecule has 0 aliphatic rings. The fourth-order valence-electron chi connectivity index (χ4n) is 3.01. The highest BCUT2D eigenvalue weighted by molar-refractivity contribution is 7.92. The number of carboxylic acids is 1. The van der Waals surface area contributed by atoms with Crippen molar-refractivity contribution in [3.63, 3.8) is 0 Å². The Bertz CT molecular complexity index is 1350. The number of nitrogens with zero attached hydrogens (tertiary/aromatic N) is 2. The highest BCUT2D eigenvalue weighted by Gasteiger charge is 2.21. The highest BCUT2D eigenvalue weighted by atomic mass is 35.5. The maximum Gasteiger partial charge on any atom is 0.328 e. The molecule has 178 valence electrons. The van der Waals surface area contributed by atoms with Crippen LogP contribution in [-0.2, 0) is 14.8 Å². The number of aliphatic hydroxyl groups is 1. The molecule has 4 N–H and O–H groups in total. The van der Waals surface area contributed by atoms with Crippen molar-refractivity contribution in [2.75, 3.05) is 11.3 Å². The summed E-state index contributed by atoms with van der Waals surface area (Å²) >= 11 is 6.07. The van der Waals surface area contributed by atoms with Gasteiger partial charge in [-0.15, -0.1) is 0 Å². The van der Waals surface area contributed by atoms with Crippen LogP contribution in [0.1, 0.15) is 21.6 Å². The van der Waals surface area contributed by atoms with Crippen LogP contribution in [0.5, 0.6) is 0 Å². The first-order valence-electron chi connectivity index (χ1n) is 9.88. The van der Waals surface area contributed by atoms with Gasteiger partial charge in [0.1, 0.15) is 5.69 Å². The quantitative estimate of drug-likeness (QED) is 0.364. The normalized spacial score (nSPS) is 12.1. The summed E-state index contributed by atoms with van der Waals surface area (Å²) in [4.78, 5) is 31.3. The molecule has 0 saturated heterocycles. The topological polar surface area (TPSA) is 159 Å². The number of hydrogen-bond donors (Lipinski definition) is 4. The monoisotopic (exact) mass is 504 g/mol. The van der Waals surface area contributed by atoms with Crippen molar-refractivity contribution in [2.45, 2.75) is 24.8 Å². The van der Waals surface area contributed by atoms with Crippen molar-refractivity contribution in [1.82, 2.24) is 15.3 Å². The Balaban J connectivity index is 1.81. The molecular weight excluding hydrogens is 484 g/mol. The molecule has 0 aliphatic heterocycles. The van der Waals surface area contributed by atoms with Crippen LogP contribution in [0.15, 0.2) is 53.7 Å². The zero-order chi connectivity index (χ0) is 25.0. The number of carboxylic acid groups (broad SMARTS) is 1. The third-order valence-corrected chi connectivity index (χ3v) is 6.76. The number of amides is 1. The number of rotatable bonds is 8. The van der Waals surface area contributed by atoms with E-state index in [1.165, 1.54) is 12.3 Å². The predicted molar refractivity (Wildman–Crippen MR) is 125 cm³/mol. The first-order valence-corrected chi connectivity index (χ1v) is 11.7. The van der Waals surface area contributed by atoms with Gasteiger partial charge in [-0.1, -0.05) is 23.7 Å². The van der Waals surface area contributed by atoms with Crippen LogP contribution in [0.3, 0.4) is 0 Å². The minimum absolute atomic E-state index is 0.109. The van der Waals surface area contributed by atoms with Gasteiger partial charge in [-0.3, -0.25) is 14.5 Å². The molecule has 1 heterocycles. The maximum atomic E-state index is 12.9. The lowest BCUT2D eigenvalue weighted by Crippen LogP contribution is -2.43. The number of nitrogens with one attached hydrogen (secondary N) is 2. The van der Waals surface area contributed by atoms with E-state index in [9.17, 15) is 18.0 Å². The first kappa shape index (κ1) is 25.1. The van der Waals surface area contributed by atoms with Crippen LogP contribution in [-0.4, -0.2) is 53.1 Å². The predicted octanol–water partition coefficient (Wildman–Crippen LogP) is 2.39. The Morgan fingerprint density at radius 3 is 2.44 bits per heavy atom. The van der Waals surface area contributed by atoms with E-state index in [1.54, 1.807) is 44.2 Å². The Labute approximate surface area is 200 Å². The molecule has 1 amide bonds. The summed E-state index contributed by atoms with van der Waals surface area (Å²) in [6.45, 7) is 2.60. The van der Waals surface area contributed by atoms with E-state index in [-0.39, 0.29) is 10.6 Å². The molecule has 3 rings (SSSR count). The number of carbonyl (C=O) groups excluding carboxylic acids is 1. The van der Waals surface area contributed by atoms with Gasteiger partial charge in [0.05, 0.1) is 29.6 Å².